The number of halogens is 2. The molecule has 0 saturated heterocycles. The fourth-order valence-electron chi connectivity index (χ4n) is 6.96. The van der Waals surface area contributed by atoms with Crippen molar-refractivity contribution in [3.8, 4) is 11.1 Å². The van der Waals surface area contributed by atoms with Crippen LogP contribution in [0.3, 0.4) is 0 Å². The van der Waals surface area contributed by atoms with E-state index < -0.39 is 48.4 Å². The topological polar surface area (TPSA) is 107 Å². The summed E-state index contributed by atoms with van der Waals surface area (Å²) in [6.07, 6.45) is 3.59. The van der Waals surface area contributed by atoms with Gasteiger partial charge in [-0.1, -0.05) is 60.7 Å². The number of carbonyl (C=O) groups is 4. The van der Waals surface area contributed by atoms with Crippen LogP contribution in [0, 0.1) is 5.92 Å². The Morgan fingerprint density at radius 3 is 2.22 bits per heavy atom. The van der Waals surface area contributed by atoms with E-state index in [0.29, 0.717) is 6.42 Å². The molecule has 9 nitrogen and oxygen atoms in total. The third-order valence-electron chi connectivity index (χ3n) is 9.53. The van der Waals surface area contributed by atoms with Crippen molar-refractivity contribution in [3.63, 3.8) is 0 Å². The van der Waals surface area contributed by atoms with Crippen LogP contribution in [0.15, 0.2) is 60.7 Å². The van der Waals surface area contributed by atoms with E-state index >= 15 is 0 Å². The van der Waals surface area contributed by atoms with Crippen LogP contribution in [0.4, 0.5) is 13.6 Å². The molecular formula is C35H41F2N3O6. The number of carboxylic acid groups (broad SMARTS) is 1. The zero-order chi connectivity index (χ0) is 33.0. The highest BCUT2D eigenvalue weighted by atomic mass is 19.3. The molecule has 0 unspecified atom stereocenters. The molecule has 246 valence electrons. The van der Waals surface area contributed by atoms with Gasteiger partial charge in [0.1, 0.15) is 25.2 Å². The van der Waals surface area contributed by atoms with Crippen LogP contribution < -0.4 is 0 Å². The second kappa shape index (κ2) is 14.0. The lowest BCUT2D eigenvalue weighted by molar-refractivity contribution is -0.151. The normalized spacial score (nSPS) is 20.9. The van der Waals surface area contributed by atoms with Crippen LogP contribution in [0.5, 0.6) is 0 Å². The second-order valence-corrected chi connectivity index (χ2v) is 12.6. The number of carbonyl (C=O) groups excluding carboxylic acids is 3. The Labute approximate surface area is 267 Å². The summed E-state index contributed by atoms with van der Waals surface area (Å²) in [5.41, 5.74) is 4.30. The maximum absolute atomic E-state index is 14.2. The van der Waals surface area contributed by atoms with Crippen molar-refractivity contribution in [1.29, 1.82) is 0 Å². The number of amides is 3. The number of ether oxygens (including phenoxy) is 1. The summed E-state index contributed by atoms with van der Waals surface area (Å²) in [5, 5.41) is 9.33. The Balaban J connectivity index is 1.33. The van der Waals surface area contributed by atoms with Crippen molar-refractivity contribution < 1.29 is 37.8 Å². The molecule has 1 N–H and O–H groups in total. The fourth-order valence-corrected chi connectivity index (χ4v) is 6.96. The first kappa shape index (κ1) is 33.1. The number of rotatable bonds is 9. The van der Waals surface area contributed by atoms with Crippen LogP contribution in [-0.2, 0) is 19.1 Å². The lowest BCUT2D eigenvalue weighted by atomic mass is 9.82. The van der Waals surface area contributed by atoms with Gasteiger partial charge in [0, 0.05) is 39.4 Å². The summed E-state index contributed by atoms with van der Waals surface area (Å²) in [6.45, 7) is -0.335. The van der Waals surface area contributed by atoms with Crippen LogP contribution in [0.25, 0.3) is 11.1 Å². The van der Waals surface area contributed by atoms with Crippen molar-refractivity contribution in [2.45, 2.75) is 68.9 Å². The number of alkyl halides is 2. The summed E-state index contributed by atoms with van der Waals surface area (Å²) in [7, 11) is 2.85. The molecule has 2 aromatic carbocycles. The van der Waals surface area contributed by atoms with Gasteiger partial charge in [-0.3, -0.25) is 19.3 Å². The molecule has 2 aliphatic carbocycles. The van der Waals surface area contributed by atoms with E-state index in [0.717, 1.165) is 27.2 Å². The molecule has 2 aromatic rings. The Morgan fingerprint density at radius 1 is 1.00 bits per heavy atom. The summed E-state index contributed by atoms with van der Waals surface area (Å²) in [4.78, 5) is 56.5. The van der Waals surface area contributed by atoms with E-state index in [2.05, 4.69) is 0 Å². The third-order valence-corrected chi connectivity index (χ3v) is 9.53. The van der Waals surface area contributed by atoms with Gasteiger partial charge in [0.15, 0.2) is 0 Å². The number of aliphatic carboxylic acids is 1. The molecule has 0 radical (unpaired) electrons. The van der Waals surface area contributed by atoms with Gasteiger partial charge < -0.3 is 19.6 Å². The van der Waals surface area contributed by atoms with E-state index in [1.807, 2.05) is 60.7 Å². The number of nitrogens with zero attached hydrogens (tertiary/aromatic N) is 3. The zero-order valence-electron chi connectivity index (χ0n) is 26.2. The monoisotopic (exact) mass is 637 g/mol. The van der Waals surface area contributed by atoms with E-state index in [9.17, 15) is 33.1 Å². The molecule has 0 spiro atoms. The van der Waals surface area contributed by atoms with Gasteiger partial charge >= 0.3 is 12.1 Å². The van der Waals surface area contributed by atoms with Crippen LogP contribution in [-0.4, -0.2) is 95.5 Å². The van der Waals surface area contributed by atoms with Crippen LogP contribution >= 0.6 is 0 Å². The van der Waals surface area contributed by atoms with E-state index in [1.54, 1.807) is 0 Å². The van der Waals surface area contributed by atoms with Crippen molar-refractivity contribution in [2.75, 3.05) is 33.8 Å². The highest BCUT2D eigenvalue weighted by Crippen LogP contribution is 2.44. The van der Waals surface area contributed by atoms with E-state index in [-0.39, 0.29) is 63.5 Å². The maximum atomic E-state index is 14.2. The summed E-state index contributed by atoms with van der Waals surface area (Å²) >= 11 is 0. The molecule has 0 bridgehead atoms. The summed E-state index contributed by atoms with van der Waals surface area (Å²) < 4.78 is 33.7. The van der Waals surface area contributed by atoms with E-state index in [4.69, 9.17) is 4.74 Å². The average molecular weight is 638 g/mol. The predicted molar refractivity (Wildman–Crippen MR) is 167 cm³/mol. The maximum Gasteiger partial charge on any atom is 0.410 e. The van der Waals surface area contributed by atoms with Crippen molar-refractivity contribution in [3.05, 3.63) is 71.8 Å². The highest BCUT2D eigenvalue weighted by molar-refractivity contribution is 5.92. The lowest BCUT2D eigenvalue weighted by Gasteiger charge is -2.40. The summed E-state index contributed by atoms with van der Waals surface area (Å²) in [6, 6.07) is 13.9. The number of likely N-dealkylation sites (N-methyl/N-ethyl adjacent to an activating group) is 2. The molecular weight excluding hydrogens is 596 g/mol. The minimum atomic E-state index is -2.76. The Hall–Kier alpha value is -4.28. The second-order valence-electron chi connectivity index (χ2n) is 12.6. The van der Waals surface area contributed by atoms with Gasteiger partial charge in [0.25, 0.3) is 0 Å². The lowest BCUT2D eigenvalue weighted by Crippen LogP contribution is -2.57. The first-order valence-corrected chi connectivity index (χ1v) is 15.8. The van der Waals surface area contributed by atoms with Gasteiger partial charge in [-0.05, 0) is 60.3 Å². The number of hydrogen-bond donors (Lipinski definition) is 1. The Morgan fingerprint density at radius 2 is 1.61 bits per heavy atom. The first-order valence-electron chi connectivity index (χ1n) is 15.8. The van der Waals surface area contributed by atoms with Crippen molar-refractivity contribution in [2.24, 2.45) is 5.92 Å². The highest BCUT2D eigenvalue weighted by Gasteiger charge is 2.42. The quantitative estimate of drug-likeness (QED) is 0.362. The van der Waals surface area contributed by atoms with Gasteiger partial charge in [-0.15, -0.1) is 0 Å². The fraction of sp³-hybridized carbons (Fsp3) is 0.486. The SMILES string of the molecule is CN(CC(=O)O)C(=O)[C@H](CC1CCC(F)(F)CC1)N1CC/C=C\C[C@H](N(C)C(=O)OCC2c3ccccc3-c3ccccc32)C1=O. The molecule has 3 amide bonds. The average Bonchev–Trinajstić information content (AvgIpc) is 3.34. The molecule has 1 saturated carbocycles. The minimum absolute atomic E-state index is 0.0745. The van der Waals surface area contributed by atoms with Gasteiger partial charge in [-0.25, -0.2) is 13.6 Å². The zero-order valence-corrected chi connectivity index (χ0v) is 26.2. The molecule has 0 aromatic heterocycles. The van der Waals surface area contributed by atoms with Crippen LogP contribution in [0.1, 0.15) is 62.0 Å². The molecule has 1 fully saturated rings. The largest absolute Gasteiger partial charge is 0.480 e. The van der Waals surface area contributed by atoms with Gasteiger partial charge in [0.05, 0.1) is 0 Å². The number of carboxylic acids is 1. The van der Waals surface area contributed by atoms with Gasteiger partial charge in [-0.2, -0.15) is 0 Å². The molecule has 1 aliphatic heterocycles. The molecule has 3 aliphatic rings. The van der Waals surface area contributed by atoms with Crippen LogP contribution in [0.2, 0.25) is 0 Å². The Bertz CT molecular complexity index is 1440. The number of fused-ring (bicyclic) bond motifs is 3. The Kier molecular flexibility index (Phi) is 10.1. The summed E-state index contributed by atoms with van der Waals surface area (Å²) in [5.74, 6) is -5.40. The smallest absolute Gasteiger partial charge is 0.410 e. The van der Waals surface area contributed by atoms with Crippen molar-refractivity contribution in [1.82, 2.24) is 14.7 Å². The molecule has 5 rings (SSSR count). The van der Waals surface area contributed by atoms with Gasteiger partial charge in [0.2, 0.25) is 17.7 Å². The first-order chi connectivity index (χ1) is 22.0. The van der Waals surface area contributed by atoms with E-state index in [1.165, 1.54) is 23.9 Å². The molecule has 2 atom stereocenters. The molecule has 1 heterocycles. The third kappa shape index (κ3) is 7.24. The molecule has 11 heteroatoms. The standard InChI is InChI=1S/C35H41F2N3O6/c1-38(21-31(41)42)32(43)30(20-23-15-17-35(36,37)18-16-23)40-19-9-3-4-14-29(33(40)44)39(2)34(45)46-22-28-26-12-7-5-10-24(26)25-11-6-8-13-27(25)28/h3-8,10-13,23,28-30H,9,14-22H2,1-2H3,(H,41,42)/b4-3-/t29-,30-/m0/s1. The van der Waals surface area contributed by atoms with Crippen molar-refractivity contribution >= 4 is 23.9 Å². The molecule has 46 heavy (non-hydrogen) atoms. The minimum Gasteiger partial charge on any atom is -0.480 e. The number of benzene rings is 2. The number of hydrogen-bond acceptors (Lipinski definition) is 5. The predicted octanol–water partition coefficient (Wildman–Crippen LogP) is 5.54.